The van der Waals surface area contributed by atoms with E-state index >= 15 is 0 Å². The Morgan fingerprint density at radius 1 is 0.700 bits per heavy atom. The van der Waals surface area contributed by atoms with E-state index in [1.165, 1.54) is 6.92 Å². The van der Waals surface area contributed by atoms with E-state index in [4.69, 9.17) is 9.47 Å². The third-order valence-corrected chi connectivity index (χ3v) is 3.66. The Morgan fingerprint density at radius 3 is 1.73 bits per heavy atom. The number of nitrogens with one attached hydrogen (secondary N) is 1. The zero-order chi connectivity index (χ0) is 21.9. The number of amides is 1. The Bertz CT molecular complexity index is 936. The van der Waals surface area contributed by atoms with Crippen LogP contribution in [-0.4, -0.2) is 37.0 Å². The normalized spacial score (nSPS) is 11.0. The molecule has 0 saturated heterocycles. The Labute approximate surface area is 173 Å². The molecule has 0 saturated carbocycles. The van der Waals surface area contributed by atoms with Crippen LogP contribution in [0.1, 0.15) is 29.8 Å². The van der Waals surface area contributed by atoms with Gasteiger partial charge in [-0.1, -0.05) is 48.5 Å². The summed E-state index contributed by atoms with van der Waals surface area (Å²) in [6.45, 7) is 3.01. The van der Waals surface area contributed by atoms with Crippen LogP contribution in [0.2, 0.25) is 0 Å². The van der Waals surface area contributed by atoms with Gasteiger partial charge in [0.2, 0.25) is 5.76 Å². The third-order valence-electron chi connectivity index (χ3n) is 3.66. The molecule has 1 amide bonds. The van der Waals surface area contributed by atoms with E-state index in [0.717, 1.165) is 0 Å². The smallest absolute Gasteiger partial charge is 0.423 e. The fourth-order valence-electron chi connectivity index (χ4n) is 2.36. The first-order valence-corrected chi connectivity index (χ1v) is 9.20. The van der Waals surface area contributed by atoms with Crippen LogP contribution in [0.5, 0.6) is 0 Å². The fourth-order valence-corrected chi connectivity index (χ4v) is 2.36. The molecule has 0 spiro atoms. The van der Waals surface area contributed by atoms with Gasteiger partial charge in [0.1, 0.15) is 0 Å². The molecule has 30 heavy (non-hydrogen) atoms. The molecule has 2 rings (SSSR count). The molecule has 0 heterocycles. The van der Waals surface area contributed by atoms with Gasteiger partial charge in [0.15, 0.2) is 0 Å². The minimum atomic E-state index is -1.41. The Morgan fingerprint density at radius 2 is 1.20 bits per heavy atom. The van der Waals surface area contributed by atoms with Crippen molar-refractivity contribution < 1.29 is 33.4 Å². The molecule has 0 aliphatic carbocycles. The van der Waals surface area contributed by atoms with Crippen molar-refractivity contribution in [2.45, 2.75) is 13.8 Å². The standard InChI is InChI=1S/C22H21NO7/c1-3-28-20(25)18(30-22(27)21(26)29-4-2)17(15-11-7-5-8-12-15)23-19(24)16-13-9-6-10-14-16/h5-14H,3-4H2,1-2H3,(H,23,24)/b18-17+. The lowest BCUT2D eigenvalue weighted by Gasteiger charge is -2.15. The monoisotopic (exact) mass is 411 g/mol. The highest BCUT2D eigenvalue weighted by atomic mass is 16.6. The molecule has 0 unspecified atom stereocenters. The first-order valence-electron chi connectivity index (χ1n) is 9.20. The second-order valence-electron chi connectivity index (χ2n) is 5.72. The van der Waals surface area contributed by atoms with Crippen molar-refractivity contribution in [2.24, 2.45) is 0 Å². The van der Waals surface area contributed by atoms with Crippen LogP contribution in [-0.2, 0) is 28.6 Å². The van der Waals surface area contributed by atoms with Crippen LogP contribution in [0.15, 0.2) is 66.4 Å². The second-order valence-corrected chi connectivity index (χ2v) is 5.72. The molecule has 0 bridgehead atoms. The zero-order valence-corrected chi connectivity index (χ0v) is 16.5. The molecule has 0 atom stereocenters. The van der Waals surface area contributed by atoms with E-state index in [1.54, 1.807) is 67.6 Å². The van der Waals surface area contributed by atoms with Crippen molar-refractivity contribution in [1.82, 2.24) is 5.32 Å². The van der Waals surface area contributed by atoms with Gasteiger partial charge in [0, 0.05) is 11.1 Å². The highest BCUT2D eigenvalue weighted by Crippen LogP contribution is 2.20. The fraction of sp³-hybridized carbons (Fsp3) is 0.182. The van der Waals surface area contributed by atoms with Gasteiger partial charge in [0.05, 0.1) is 18.9 Å². The first kappa shape index (κ1) is 22.4. The summed E-state index contributed by atoms with van der Waals surface area (Å²) < 4.78 is 14.6. The third kappa shape index (κ3) is 6.03. The minimum absolute atomic E-state index is 0.0198. The van der Waals surface area contributed by atoms with Crippen molar-refractivity contribution in [3.63, 3.8) is 0 Å². The van der Waals surface area contributed by atoms with E-state index < -0.39 is 29.6 Å². The van der Waals surface area contributed by atoms with E-state index in [1.807, 2.05) is 0 Å². The molecule has 0 aliphatic heterocycles. The molecule has 8 heteroatoms. The molecule has 0 aromatic heterocycles. The maximum Gasteiger partial charge on any atom is 0.423 e. The summed E-state index contributed by atoms with van der Waals surface area (Å²) in [6, 6.07) is 16.5. The molecular weight excluding hydrogens is 390 g/mol. The van der Waals surface area contributed by atoms with Crippen LogP contribution >= 0.6 is 0 Å². The summed E-state index contributed by atoms with van der Waals surface area (Å²) in [5, 5.41) is 2.58. The molecule has 0 aliphatic rings. The minimum Gasteiger partial charge on any atom is -0.460 e. The number of hydrogen-bond acceptors (Lipinski definition) is 7. The summed E-state index contributed by atoms with van der Waals surface area (Å²) in [5.74, 6) is -4.90. The number of carbonyl (C=O) groups excluding carboxylic acids is 4. The topological polar surface area (TPSA) is 108 Å². The molecule has 156 valence electrons. The summed E-state index contributed by atoms with van der Waals surface area (Å²) in [4.78, 5) is 49.0. The molecule has 0 radical (unpaired) electrons. The molecule has 8 nitrogen and oxygen atoms in total. The van der Waals surface area contributed by atoms with Crippen LogP contribution in [0.4, 0.5) is 0 Å². The van der Waals surface area contributed by atoms with Gasteiger partial charge in [-0.05, 0) is 26.0 Å². The average Bonchev–Trinajstić information content (AvgIpc) is 2.77. The van der Waals surface area contributed by atoms with E-state index in [-0.39, 0.29) is 18.9 Å². The number of rotatable bonds is 7. The summed E-state index contributed by atoms with van der Waals surface area (Å²) >= 11 is 0. The molecular formula is C22H21NO7. The summed E-state index contributed by atoms with van der Waals surface area (Å²) in [7, 11) is 0. The Balaban J connectivity index is 2.53. The Kier molecular flexibility index (Phi) is 8.31. The van der Waals surface area contributed by atoms with Crippen molar-refractivity contribution in [2.75, 3.05) is 13.2 Å². The van der Waals surface area contributed by atoms with Crippen molar-refractivity contribution in [3.05, 3.63) is 77.5 Å². The number of ether oxygens (including phenoxy) is 3. The van der Waals surface area contributed by atoms with Crippen LogP contribution in [0, 0.1) is 0 Å². The van der Waals surface area contributed by atoms with Crippen LogP contribution < -0.4 is 5.32 Å². The van der Waals surface area contributed by atoms with Crippen LogP contribution in [0.25, 0.3) is 5.70 Å². The van der Waals surface area contributed by atoms with Gasteiger partial charge < -0.3 is 19.5 Å². The lowest BCUT2D eigenvalue weighted by Crippen LogP contribution is -2.29. The Hall–Kier alpha value is -3.94. The number of hydrogen-bond donors (Lipinski definition) is 1. The average molecular weight is 411 g/mol. The van der Waals surface area contributed by atoms with E-state index in [9.17, 15) is 19.2 Å². The van der Waals surface area contributed by atoms with Gasteiger partial charge in [0.25, 0.3) is 5.91 Å². The SMILES string of the molecule is CCOC(=O)C(=O)O/C(C(=O)OCC)=C(/NC(=O)c1ccccc1)c1ccccc1. The zero-order valence-electron chi connectivity index (χ0n) is 16.5. The maximum absolute atomic E-state index is 12.7. The quantitative estimate of drug-likeness (QED) is 0.245. The highest BCUT2D eigenvalue weighted by Gasteiger charge is 2.28. The van der Waals surface area contributed by atoms with Crippen molar-refractivity contribution in [3.8, 4) is 0 Å². The van der Waals surface area contributed by atoms with Gasteiger partial charge in [-0.15, -0.1) is 0 Å². The largest absolute Gasteiger partial charge is 0.460 e. The maximum atomic E-state index is 12.7. The highest BCUT2D eigenvalue weighted by molar-refractivity contribution is 6.30. The molecule has 2 aromatic rings. The van der Waals surface area contributed by atoms with Gasteiger partial charge in [-0.2, -0.15) is 0 Å². The second kappa shape index (κ2) is 11.2. The van der Waals surface area contributed by atoms with E-state index in [2.05, 4.69) is 10.1 Å². The summed E-state index contributed by atoms with van der Waals surface area (Å²) in [6.07, 6.45) is 0. The van der Waals surface area contributed by atoms with Gasteiger partial charge >= 0.3 is 17.9 Å². The predicted octanol–water partition coefficient (Wildman–Crippen LogP) is 2.45. The van der Waals surface area contributed by atoms with E-state index in [0.29, 0.717) is 11.1 Å². The summed E-state index contributed by atoms with van der Waals surface area (Å²) in [5.41, 5.74) is 0.549. The first-order chi connectivity index (χ1) is 14.5. The lowest BCUT2D eigenvalue weighted by atomic mass is 10.1. The van der Waals surface area contributed by atoms with Gasteiger partial charge in [-0.3, -0.25) is 4.79 Å². The predicted molar refractivity (Wildman–Crippen MR) is 107 cm³/mol. The number of carbonyl (C=O) groups is 4. The lowest BCUT2D eigenvalue weighted by molar-refractivity contribution is -0.167. The van der Waals surface area contributed by atoms with Crippen molar-refractivity contribution in [1.29, 1.82) is 0 Å². The van der Waals surface area contributed by atoms with Crippen LogP contribution in [0.3, 0.4) is 0 Å². The number of esters is 3. The van der Waals surface area contributed by atoms with Crippen molar-refractivity contribution >= 4 is 29.5 Å². The number of benzene rings is 2. The molecule has 0 fully saturated rings. The molecule has 1 N–H and O–H groups in total. The van der Waals surface area contributed by atoms with Gasteiger partial charge in [-0.25, -0.2) is 14.4 Å². The molecule has 2 aromatic carbocycles.